The second kappa shape index (κ2) is 5.41. The molecule has 1 nitrogen and oxygen atoms in total. The van der Waals surface area contributed by atoms with E-state index in [-0.39, 0.29) is 0 Å². The van der Waals surface area contributed by atoms with E-state index in [1.165, 1.54) is 24.8 Å². The number of rotatable bonds is 6. The Morgan fingerprint density at radius 1 is 1.41 bits per heavy atom. The summed E-state index contributed by atoms with van der Waals surface area (Å²) in [4.78, 5) is 0. The Hall–Kier alpha value is -0.530. The lowest BCUT2D eigenvalue weighted by Gasteiger charge is -2.19. The molecule has 1 fully saturated rings. The Morgan fingerprint density at radius 2 is 2.24 bits per heavy atom. The van der Waals surface area contributed by atoms with Crippen molar-refractivity contribution in [3.8, 4) is 0 Å². The summed E-state index contributed by atoms with van der Waals surface area (Å²) < 4.78 is 0. The van der Waals surface area contributed by atoms with Gasteiger partial charge in [0.25, 0.3) is 0 Å². The lowest BCUT2D eigenvalue weighted by molar-refractivity contribution is 0.523. The van der Waals surface area contributed by atoms with Crippen LogP contribution in [0.25, 0.3) is 0 Å². The van der Waals surface area contributed by atoms with E-state index >= 15 is 0 Å². The molecule has 0 radical (unpaired) electrons. The molecule has 2 rings (SSSR count). The molecule has 2 heteroatoms. The van der Waals surface area contributed by atoms with E-state index in [4.69, 9.17) is 11.6 Å². The Morgan fingerprint density at radius 3 is 2.82 bits per heavy atom. The first-order chi connectivity index (χ1) is 8.23. The molecule has 0 amide bonds. The summed E-state index contributed by atoms with van der Waals surface area (Å²) in [5, 5.41) is 4.44. The SMILES string of the molecule is CCCNCC1(c2cccc(Cl)c2)CC1CC. The van der Waals surface area contributed by atoms with Gasteiger partial charge in [0.1, 0.15) is 0 Å². The third-order valence-electron chi connectivity index (χ3n) is 3.99. The molecule has 0 bridgehead atoms. The lowest BCUT2D eigenvalue weighted by atomic mass is 9.92. The second-order valence-electron chi connectivity index (χ2n) is 5.15. The Labute approximate surface area is 110 Å². The van der Waals surface area contributed by atoms with Crippen molar-refractivity contribution in [3.63, 3.8) is 0 Å². The highest BCUT2D eigenvalue weighted by molar-refractivity contribution is 6.30. The summed E-state index contributed by atoms with van der Waals surface area (Å²) in [5.74, 6) is 0.824. The number of hydrogen-bond donors (Lipinski definition) is 1. The van der Waals surface area contributed by atoms with Crippen LogP contribution in [0.5, 0.6) is 0 Å². The second-order valence-corrected chi connectivity index (χ2v) is 5.59. The molecule has 0 heterocycles. The number of halogens is 1. The molecular formula is C15H22ClN. The van der Waals surface area contributed by atoms with E-state index in [1.807, 2.05) is 6.07 Å². The van der Waals surface area contributed by atoms with E-state index in [0.29, 0.717) is 5.41 Å². The molecule has 2 unspecified atom stereocenters. The number of hydrogen-bond acceptors (Lipinski definition) is 1. The first-order valence-corrected chi connectivity index (χ1v) is 7.07. The molecule has 1 N–H and O–H groups in total. The minimum absolute atomic E-state index is 0.356. The number of benzene rings is 1. The predicted octanol–water partition coefficient (Wildman–Crippen LogP) is 4.01. The van der Waals surface area contributed by atoms with Crippen LogP contribution in [-0.2, 0) is 5.41 Å². The fourth-order valence-electron chi connectivity index (χ4n) is 2.87. The maximum absolute atomic E-state index is 6.11. The molecule has 1 aliphatic rings. The predicted molar refractivity (Wildman–Crippen MR) is 74.7 cm³/mol. The maximum atomic E-state index is 6.11. The first-order valence-electron chi connectivity index (χ1n) is 6.69. The standard InChI is InChI=1S/C15H22ClN/c1-3-8-17-11-15(10-12(15)4-2)13-6-5-7-14(16)9-13/h5-7,9,12,17H,3-4,8,10-11H2,1-2H3. The van der Waals surface area contributed by atoms with Crippen LogP contribution in [0.2, 0.25) is 5.02 Å². The molecule has 0 spiro atoms. The smallest absolute Gasteiger partial charge is 0.0408 e. The van der Waals surface area contributed by atoms with E-state index in [0.717, 1.165) is 24.0 Å². The molecule has 1 aromatic carbocycles. The highest BCUT2D eigenvalue weighted by atomic mass is 35.5. The van der Waals surface area contributed by atoms with Crippen molar-refractivity contribution >= 4 is 11.6 Å². The minimum Gasteiger partial charge on any atom is -0.316 e. The Balaban J connectivity index is 2.12. The fraction of sp³-hybridized carbons (Fsp3) is 0.600. The first kappa shape index (κ1) is 12.9. The van der Waals surface area contributed by atoms with Crippen LogP contribution in [0, 0.1) is 5.92 Å². The Kier molecular flexibility index (Phi) is 4.11. The molecule has 0 saturated heterocycles. The van der Waals surface area contributed by atoms with Crippen molar-refractivity contribution < 1.29 is 0 Å². The Bertz CT molecular complexity index is 377. The van der Waals surface area contributed by atoms with Crippen molar-refractivity contribution in [2.75, 3.05) is 13.1 Å². The zero-order valence-corrected chi connectivity index (χ0v) is 11.6. The zero-order valence-electron chi connectivity index (χ0n) is 10.8. The molecule has 1 aromatic rings. The zero-order chi connectivity index (χ0) is 12.3. The largest absolute Gasteiger partial charge is 0.316 e. The van der Waals surface area contributed by atoms with E-state index in [1.54, 1.807) is 0 Å². The average molecular weight is 252 g/mol. The van der Waals surface area contributed by atoms with Crippen LogP contribution in [0.1, 0.15) is 38.7 Å². The molecule has 1 aliphatic carbocycles. The molecule has 1 saturated carbocycles. The van der Waals surface area contributed by atoms with Crippen molar-refractivity contribution in [3.05, 3.63) is 34.9 Å². The summed E-state index contributed by atoms with van der Waals surface area (Å²) >= 11 is 6.11. The van der Waals surface area contributed by atoms with Crippen molar-refractivity contribution in [2.24, 2.45) is 5.92 Å². The molecular weight excluding hydrogens is 230 g/mol. The van der Waals surface area contributed by atoms with Crippen LogP contribution < -0.4 is 5.32 Å². The fourth-order valence-corrected chi connectivity index (χ4v) is 3.06. The molecule has 2 atom stereocenters. The molecule has 0 aliphatic heterocycles. The lowest BCUT2D eigenvalue weighted by Crippen LogP contribution is -2.29. The third-order valence-corrected chi connectivity index (χ3v) is 4.23. The van der Waals surface area contributed by atoms with Gasteiger partial charge in [-0.15, -0.1) is 0 Å². The summed E-state index contributed by atoms with van der Waals surface area (Å²) in [7, 11) is 0. The number of nitrogens with one attached hydrogen (secondary N) is 1. The van der Waals surface area contributed by atoms with Crippen LogP contribution in [0.15, 0.2) is 24.3 Å². The van der Waals surface area contributed by atoms with Gasteiger partial charge in [-0.2, -0.15) is 0 Å². The highest BCUT2D eigenvalue weighted by Crippen LogP contribution is 2.55. The summed E-state index contributed by atoms with van der Waals surface area (Å²) in [5.41, 5.74) is 1.77. The van der Waals surface area contributed by atoms with Gasteiger partial charge in [-0.3, -0.25) is 0 Å². The topological polar surface area (TPSA) is 12.0 Å². The van der Waals surface area contributed by atoms with E-state index in [2.05, 4.69) is 37.4 Å². The monoisotopic (exact) mass is 251 g/mol. The van der Waals surface area contributed by atoms with Gasteiger partial charge >= 0.3 is 0 Å². The van der Waals surface area contributed by atoms with Gasteiger partial charge < -0.3 is 5.32 Å². The normalized spacial score (nSPS) is 27.1. The van der Waals surface area contributed by atoms with Crippen molar-refractivity contribution in [2.45, 2.75) is 38.5 Å². The van der Waals surface area contributed by atoms with Gasteiger partial charge in [-0.1, -0.05) is 44.0 Å². The van der Waals surface area contributed by atoms with Gasteiger partial charge in [-0.05, 0) is 43.0 Å². The average Bonchev–Trinajstić information content (AvgIpc) is 3.05. The van der Waals surface area contributed by atoms with Gasteiger partial charge in [0.15, 0.2) is 0 Å². The van der Waals surface area contributed by atoms with Gasteiger partial charge in [0.2, 0.25) is 0 Å². The molecule has 94 valence electrons. The van der Waals surface area contributed by atoms with Crippen LogP contribution in [0.3, 0.4) is 0 Å². The van der Waals surface area contributed by atoms with Crippen molar-refractivity contribution in [1.82, 2.24) is 5.32 Å². The molecule has 17 heavy (non-hydrogen) atoms. The highest BCUT2D eigenvalue weighted by Gasteiger charge is 2.53. The van der Waals surface area contributed by atoms with Gasteiger partial charge in [0, 0.05) is 17.0 Å². The van der Waals surface area contributed by atoms with Gasteiger partial charge in [-0.25, -0.2) is 0 Å². The maximum Gasteiger partial charge on any atom is 0.0408 e. The molecule has 0 aromatic heterocycles. The van der Waals surface area contributed by atoms with E-state index < -0.39 is 0 Å². The summed E-state index contributed by atoms with van der Waals surface area (Å²) in [6, 6.07) is 8.41. The summed E-state index contributed by atoms with van der Waals surface area (Å²) in [6.45, 7) is 6.71. The minimum atomic E-state index is 0.356. The third kappa shape index (κ3) is 2.66. The van der Waals surface area contributed by atoms with Crippen molar-refractivity contribution in [1.29, 1.82) is 0 Å². The quantitative estimate of drug-likeness (QED) is 0.754. The van der Waals surface area contributed by atoms with Gasteiger partial charge in [0.05, 0.1) is 0 Å². The van der Waals surface area contributed by atoms with Crippen LogP contribution in [-0.4, -0.2) is 13.1 Å². The summed E-state index contributed by atoms with van der Waals surface area (Å²) in [6.07, 6.45) is 3.77. The van der Waals surface area contributed by atoms with Crippen LogP contribution in [0.4, 0.5) is 0 Å². The van der Waals surface area contributed by atoms with Crippen LogP contribution >= 0.6 is 11.6 Å². The van der Waals surface area contributed by atoms with E-state index in [9.17, 15) is 0 Å².